The Bertz CT molecular complexity index is 509. The summed E-state index contributed by atoms with van der Waals surface area (Å²) in [6.07, 6.45) is 3.35. The van der Waals surface area contributed by atoms with Crippen LogP contribution in [0.25, 0.3) is 11.1 Å². The van der Waals surface area contributed by atoms with Crippen molar-refractivity contribution < 1.29 is 9.21 Å². The second-order valence-electron chi connectivity index (χ2n) is 4.61. The molecule has 0 radical (unpaired) electrons. The van der Waals surface area contributed by atoms with Crippen LogP contribution < -0.4 is 0 Å². The minimum absolute atomic E-state index is 0.395. The number of hydrogen-bond donors (Lipinski definition) is 0. The molecule has 0 atom stereocenters. The van der Waals surface area contributed by atoms with Crippen molar-refractivity contribution in [2.75, 3.05) is 0 Å². The van der Waals surface area contributed by atoms with E-state index in [1.807, 2.05) is 18.2 Å². The second kappa shape index (κ2) is 5.00. The molecule has 0 saturated heterocycles. The van der Waals surface area contributed by atoms with Crippen LogP contribution in [0.1, 0.15) is 30.0 Å². The first-order valence-corrected chi connectivity index (χ1v) is 5.82. The molecule has 2 rings (SSSR count). The van der Waals surface area contributed by atoms with E-state index in [0.717, 1.165) is 23.8 Å². The monoisotopic (exact) mass is 228 g/mol. The highest BCUT2D eigenvalue weighted by Crippen LogP contribution is 2.25. The van der Waals surface area contributed by atoms with Gasteiger partial charge in [-0.25, -0.2) is 0 Å². The summed E-state index contributed by atoms with van der Waals surface area (Å²) in [5.41, 5.74) is 3.19. The molecule has 88 valence electrons. The maximum atomic E-state index is 10.8. The van der Waals surface area contributed by atoms with Crippen LogP contribution in [0.2, 0.25) is 0 Å². The molecule has 2 nitrogen and oxygen atoms in total. The first-order chi connectivity index (χ1) is 8.20. The summed E-state index contributed by atoms with van der Waals surface area (Å²) in [7, 11) is 0. The van der Waals surface area contributed by atoms with Crippen molar-refractivity contribution in [1.29, 1.82) is 0 Å². The molecule has 1 heterocycles. The summed E-state index contributed by atoms with van der Waals surface area (Å²) >= 11 is 0. The molecule has 1 aromatic carbocycles. The summed E-state index contributed by atoms with van der Waals surface area (Å²) in [5, 5.41) is 0. The lowest BCUT2D eigenvalue weighted by Crippen LogP contribution is -1.94. The Kier molecular flexibility index (Phi) is 3.43. The average Bonchev–Trinajstić information content (AvgIpc) is 2.76. The van der Waals surface area contributed by atoms with Crippen LogP contribution in [-0.4, -0.2) is 6.29 Å². The molecule has 2 heteroatoms. The van der Waals surface area contributed by atoms with E-state index in [4.69, 9.17) is 4.42 Å². The zero-order valence-corrected chi connectivity index (χ0v) is 10.1. The fraction of sp³-hybridized carbons (Fsp3) is 0.267. The van der Waals surface area contributed by atoms with Crippen LogP contribution in [-0.2, 0) is 6.42 Å². The third kappa shape index (κ3) is 2.64. The SMILES string of the molecule is CC(C)Cc1cccc(-c2ccoc2C=O)c1. The van der Waals surface area contributed by atoms with Crippen molar-refractivity contribution in [3.63, 3.8) is 0 Å². The lowest BCUT2D eigenvalue weighted by Gasteiger charge is -2.06. The van der Waals surface area contributed by atoms with Gasteiger partial charge in [0.25, 0.3) is 0 Å². The van der Waals surface area contributed by atoms with Gasteiger partial charge in [-0.1, -0.05) is 38.1 Å². The van der Waals surface area contributed by atoms with Gasteiger partial charge in [-0.05, 0) is 29.5 Å². The zero-order valence-electron chi connectivity index (χ0n) is 10.1. The van der Waals surface area contributed by atoms with Gasteiger partial charge < -0.3 is 4.42 Å². The van der Waals surface area contributed by atoms with E-state index >= 15 is 0 Å². The first kappa shape index (κ1) is 11.6. The standard InChI is InChI=1S/C15H16O2/c1-11(2)8-12-4-3-5-13(9-12)14-6-7-17-15(14)10-16/h3-7,9-11H,8H2,1-2H3. The molecule has 2 aromatic rings. The van der Waals surface area contributed by atoms with Gasteiger partial charge in [-0.15, -0.1) is 0 Å². The molecule has 0 amide bonds. The summed E-state index contributed by atoms with van der Waals surface area (Å²) in [4.78, 5) is 10.8. The highest BCUT2D eigenvalue weighted by molar-refractivity contribution is 5.84. The quantitative estimate of drug-likeness (QED) is 0.741. The van der Waals surface area contributed by atoms with E-state index in [1.54, 1.807) is 6.26 Å². The van der Waals surface area contributed by atoms with Crippen molar-refractivity contribution in [3.05, 3.63) is 47.9 Å². The Balaban J connectivity index is 2.36. The fourth-order valence-corrected chi connectivity index (χ4v) is 1.99. The Morgan fingerprint density at radius 3 is 2.82 bits per heavy atom. The van der Waals surface area contributed by atoms with E-state index in [9.17, 15) is 4.79 Å². The molecule has 1 aromatic heterocycles. The maximum absolute atomic E-state index is 10.8. The third-order valence-corrected chi connectivity index (χ3v) is 2.68. The average molecular weight is 228 g/mol. The number of carbonyl (C=O) groups excluding carboxylic acids is 1. The second-order valence-corrected chi connectivity index (χ2v) is 4.61. The molecule has 0 spiro atoms. The van der Waals surface area contributed by atoms with Crippen molar-refractivity contribution in [1.82, 2.24) is 0 Å². The maximum Gasteiger partial charge on any atom is 0.185 e. The third-order valence-electron chi connectivity index (χ3n) is 2.68. The summed E-state index contributed by atoms with van der Waals surface area (Å²) in [6.45, 7) is 4.39. The molecule has 0 fully saturated rings. The van der Waals surface area contributed by atoms with Crippen LogP contribution >= 0.6 is 0 Å². The van der Waals surface area contributed by atoms with Gasteiger partial charge >= 0.3 is 0 Å². The van der Waals surface area contributed by atoms with E-state index in [1.165, 1.54) is 5.56 Å². The Morgan fingerprint density at radius 2 is 2.12 bits per heavy atom. The molecule has 0 saturated carbocycles. The lowest BCUT2D eigenvalue weighted by atomic mass is 9.98. The van der Waals surface area contributed by atoms with Gasteiger partial charge in [-0.2, -0.15) is 0 Å². The van der Waals surface area contributed by atoms with Gasteiger partial charge in [-0.3, -0.25) is 4.79 Å². The predicted octanol–water partition coefficient (Wildman–Crippen LogP) is 3.96. The van der Waals surface area contributed by atoms with Gasteiger partial charge in [0.15, 0.2) is 12.0 Å². The number of benzene rings is 1. The molecular formula is C15H16O2. The Morgan fingerprint density at radius 1 is 1.29 bits per heavy atom. The van der Waals surface area contributed by atoms with E-state index in [0.29, 0.717) is 11.7 Å². The molecule has 0 aliphatic heterocycles. The van der Waals surface area contributed by atoms with Crippen molar-refractivity contribution in [2.24, 2.45) is 5.92 Å². The zero-order chi connectivity index (χ0) is 12.3. The van der Waals surface area contributed by atoms with Crippen molar-refractivity contribution >= 4 is 6.29 Å². The van der Waals surface area contributed by atoms with Crippen LogP contribution in [0.15, 0.2) is 41.0 Å². The number of hydrogen-bond acceptors (Lipinski definition) is 2. The minimum atomic E-state index is 0.395. The highest BCUT2D eigenvalue weighted by atomic mass is 16.3. The number of aldehydes is 1. The summed E-state index contributed by atoms with van der Waals surface area (Å²) < 4.78 is 5.12. The smallest absolute Gasteiger partial charge is 0.185 e. The van der Waals surface area contributed by atoms with Crippen LogP contribution in [0.4, 0.5) is 0 Å². The molecule has 17 heavy (non-hydrogen) atoms. The van der Waals surface area contributed by atoms with Crippen LogP contribution in [0.3, 0.4) is 0 Å². The molecule has 0 bridgehead atoms. The fourth-order valence-electron chi connectivity index (χ4n) is 1.99. The van der Waals surface area contributed by atoms with E-state index < -0.39 is 0 Å². The molecular weight excluding hydrogens is 212 g/mol. The van der Waals surface area contributed by atoms with E-state index in [-0.39, 0.29) is 0 Å². The van der Waals surface area contributed by atoms with Gasteiger partial charge in [0, 0.05) is 5.56 Å². The van der Waals surface area contributed by atoms with Crippen molar-refractivity contribution in [3.8, 4) is 11.1 Å². The molecule has 0 aliphatic carbocycles. The normalized spacial score (nSPS) is 10.8. The number of carbonyl (C=O) groups is 1. The lowest BCUT2D eigenvalue weighted by molar-refractivity contribution is 0.110. The van der Waals surface area contributed by atoms with E-state index in [2.05, 4.69) is 26.0 Å². The van der Waals surface area contributed by atoms with Gasteiger partial charge in [0.1, 0.15) is 0 Å². The summed E-state index contributed by atoms with van der Waals surface area (Å²) in [5.74, 6) is 1.02. The molecule has 0 unspecified atom stereocenters. The number of furan rings is 1. The van der Waals surface area contributed by atoms with Gasteiger partial charge in [0.2, 0.25) is 0 Å². The number of rotatable bonds is 4. The molecule has 0 N–H and O–H groups in total. The predicted molar refractivity (Wildman–Crippen MR) is 68.1 cm³/mol. The summed E-state index contributed by atoms with van der Waals surface area (Å²) in [6, 6.07) is 10.1. The topological polar surface area (TPSA) is 30.2 Å². The largest absolute Gasteiger partial charge is 0.461 e. The Labute approximate surface area is 101 Å². The Hall–Kier alpha value is -1.83. The van der Waals surface area contributed by atoms with Crippen LogP contribution in [0.5, 0.6) is 0 Å². The molecule has 0 aliphatic rings. The van der Waals surface area contributed by atoms with Crippen molar-refractivity contribution in [2.45, 2.75) is 20.3 Å². The highest BCUT2D eigenvalue weighted by Gasteiger charge is 2.08. The minimum Gasteiger partial charge on any atom is -0.461 e. The van der Waals surface area contributed by atoms with Gasteiger partial charge in [0.05, 0.1) is 6.26 Å². The van der Waals surface area contributed by atoms with Crippen LogP contribution in [0, 0.1) is 5.92 Å². The first-order valence-electron chi connectivity index (χ1n) is 5.82.